The Kier molecular flexibility index (Phi) is 7.56. The lowest BCUT2D eigenvalue weighted by atomic mass is 9.93. The molecule has 2 atom stereocenters. The molecule has 2 heterocycles. The van der Waals surface area contributed by atoms with Crippen LogP contribution in [0.4, 0.5) is 4.39 Å². The Morgan fingerprint density at radius 2 is 2.00 bits per heavy atom. The summed E-state index contributed by atoms with van der Waals surface area (Å²) < 4.78 is 16.0. The first-order chi connectivity index (χ1) is 14.4. The smallest absolute Gasteiger partial charge is 0.325 e. The van der Waals surface area contributed by atoms with Crippen LogP contribution in [0.15, 0.2) is 42.1 Å². The number of thiol groups is 1. The van der Waals surface area contributed by atoms with E-state index in [0.717, 1.165) is 18.4 Å². The first kappa shape index (κ1) is 23.5. The van der Waals surface area contributed by atoms with Gasteiger partial charge in [0.15, 0.2) is 5.78 Å². The van der Waals surface area contributed by atoms with E-state index in [1.807, 2.05) is 11.0 Å². The highest BCUT2D eigenvalue weighted by molar-refractivity contribution is 7.81. The van der Waals surface area contributed by atoms with Crippen LogP contribution in [0.5, 0.6) is 0 Å². The molecule has 1 aromatic heterocycles. The molecule has 2 aliphatic rings. The molecular formula is C22H25ClFN3O3S. The summed E-state index contributed by atoms with van der Waals surface area (Å²) in [6.45, 7) is 0.867. The highest BCUT2D eigenvalue weighted by atomic mass is 35.5. The minimum absolute atomic E-state index is 0. The lowest BCUT2D eigenvalue weighted by molar-refractivity contribution is -0.138. The first-order valence-electron chi connectivity index (χ1n) is 10.1. The zero-order chi connectivity index (χ0) is 21.3. The quantitative estimate of drug-likeness (QED) is 0.611. The Balaban J connectivity index is 0.00000272. The zero-order valence-electron chi connectivity index (χ0n) is 16.9. The van der Waals surface area contributed by atoms with Gasteiger partial charge in [0.2, 0.25) is 0 Å². The topological polar surface area (TPSA) is 75.4 Å². The van der Waals surface area contributed by atoms with E-state index in [9.17, 15) is 14.0 Å². The highest BCUT2D eigenvalue weighted by Gasteiger charge is 2.40. The minimum atomic E-state index is -0.972. The van der Waals surface area contributed by atoms with Crippen molar-refractivity contribution in [3.63, 3.8) is 0 Å². The second-order valence-electron chi connectivity index (χ2n) is 7.90. The van der Waals surface area contributed by atoms with Gasteiger partial charge < -0.3 is 5.11 Å². The average Bonchev–Trinajstić information content (AvgIpc) is 3.48. The van der Waals surface area contributed by atoms with Gasteiger partial charge in [0, 0.05) is 36.0 Å². The second kappa shape index (κ2) is 9.97. The molecular weight excluding hydrogens is 441 g/mol. The zero-order valence-corrected chi connectivity index (χ0v) is 18.6. The Hall–Kier alpha value is -2.16. The first-order valence-corrected chi connectivity index (χ1v) is 10.6. The maximum absolute atomic E-state index is 14.6. The number of ketones is 1. The van der Waals surface area contributed by atoms with Crippen LogP contribution in [0, 0.1) is 11.7 Å². The summed E-state index contributed by atoms with van der Waals surface area (Å²) >= 11 is 4.69. The molecule has 6 nitrogen and oxygen atoms in total. The molecule has 2 fully saturated rings. The fraction of sp³-hybridized carbons (Fsp3) is 0.409. The molecule has 0 amide bonds. The van der Waals surface area contributed by atoms with Crippen molar-refractivity contribution in [2.24, 2.45) is 5.92 Å². The van der Waals surface area contributed by atoms with Gasteiger partial charge in [-0.1, -0.05) is 18.2 Å². The van der Waals surface area contributed by atoms with Gasteiger partial charge in [0.25, 0.3) is 0 Å². The number of likely N-dealkylation sites (tertiary alicyclic amines) is 1. The largest absolute Gasteiger partial charge is 0.480 e. The molecule has 1 N–H and O–H groups in total. The van der Waals surface area contributed by atoms with Crippen molar-refractivity contribution in [1.29, 1.82) is 0 Å². The molecule has 1 saturated heterocycles. The number of halogens is 2. The van der Waals surface area contributed by atoms with Crippen LogP contribution in [-0.2, 0) is 16.1 Å². The summed E-state index contributed by atoms with van der Waals surface area (Å²) in [5.74, 6) is -1.25. The third-order valence-corrected chi connectivity index (χ3v) is 6.28. The number of hydrogen-bond donors (Lipinski definition) is 2. The van der Waals surface area contributed by atoms with E-state index in [1.54, 1.807) is 30.5 Å². The number of aliphatic carboxylic acids is 1. The number of carbonyl (C=O) groups excluding carboxylic acids is 1. The number of aromatic nitrogens is 2. The number of carboxylic acid groups (broad SMARTS) is 1. The molecule has 1 aliphatic heterocycles. The van der Waals surface area contributed by atoms with Crippen molar-refractivity contribution >= 4 is 42.9 Å². The molecule has 1 aromatic carbocycles. The van der Waals surface area contributed by atoms with Gasteiger partial charge in [0.1, 0.15) is 12.4 Å². The van der Waals surface area contributed by atoms with Crippen LogP contribution >= 0.6 is 25.0 Å². The Bertz CT molecular complexity index is 992. The molecule has 166 valence electrons. The second-order valence-corrected chi connectivity index (χ2v) is 8.53. The molecule has 9 heteroatoms. The highest BCUT2D eigenvalue weighted by Crippen LogP contribution is 2.39. The Labute approximate surface area is 191 Å². The number of Topliss-reactive ketones (excluding diaryl/α,β-unsaturated/α-hetero) is 1. The van der Waals surface area contributed by atoms with Crippen LogP contribution in [0.3, 0.4) is 0 Å². The van der Waals surface area contributed by atoms with Crippen LogP contribution in [-0.4, -0.2) is 49.9 Å². The number of carbonyl (C=O) groups is 2. The van der Waals surface area contributed by atoms with Crippen molar-refractivity contribution in [2.75, 3.05) is 13.1 Å². The molecule has 0 radical (unpaired) electrons. The van der Waals surface area contributed by atoms with Crippen LogP contribution < -0.4 is 0 Å². The van der Waals surface area contributed by atoms with E-state index < -0.39 is 12.0 Å². The third-order valence-electron chi connectivity index (χ3n) is 5.69. The number of piperidine rings is 1. The lowest BCUT2D eigenvalue weighted by Crippen LogP contribution is -2.42. The van der Waals surface area contributed by atoms with E-state index in [1.165, 1.54) is 10.7 Å². The Morgan fingerprint density at radius 3 is 2.68 bits per heavy atom. The van der Waals surface area contributed by atoms with Crippen molar-refractivity contribution in [1.82, 2.24) is 14.7 Å². The van der Waals surface area contributed by atoms with Gasteiger partial charge in [-0.3, -0.25) is 19.2 Å². The summed E-state index contributed by atoms with van der Waals surface area (Å²) in [5.41, 5.74) is 2.05. The summed E-state index contributed by atoms with van der Waals surface area (Å²) in [4.78, 5) is 26.2. The van der Waals surface area contributed by atoms with E-state index in [0.29, 0.717) is 30.8 Å². The molecule has 0 spiro atoms. The molecule has 2 aromatic rings. The summed E-state index contributed by atoms with van der Waals surface area (Å²) in [5, 5.41) is 13.1. The maximum atomic E-state index is 14.6. The third kappa shape index (κ3) is 5.37. The van der Waals surface area contributed by atoms with E-state index in [-0.39, 0.29) is 41.7 Å². The Morgan fingerprint density at radius 1 is 1.26 bits per heavy atom. The predicted octanol–water partition coefficient (Wildman–Crippen LogP) is 3.64. The number of benzene rings is 1. The average molecular weight is 466 g/mol. The lowest BCUT2D eigenvalue weighted by Gasteiger charge is -2.37. The van der Waals surface area contributed by atoms with Gasteiger partial charge in [-0.2, -0.15) is 17.7 Å². The van der Waals surface area contributed by atoms with Crippen molar-refractivity contribution < 1.29 is 19.1 Å². The van der Waals surface area contributed by atoms with Gasteiger partial charge >= 0.3 is 5.97 Å². The number of nitrogens with zero attached hydrogens (tertiary/aromatic N) is 3. The van der Waals surface area contributed by atoms with Crippen LogP contribution in [0.2, 0.25) is 0 Å². The molecule has 2 unspecified atom stereocenters. The van der Waals surface area contributed by atoms with Gasteiger partial charge in [-0.25, -0.2) is 4.39 Å². The van der Waals surface area contributed by atoms with E-state index in [2.05, 4.69) is 5.10 Å². The molecule has 4 rings (SSSR count). The fourth-order valence-electron chi connectivity index (χ4n) is 3.99. The van der Waals surface area contributed by atoms with Crippen LogP contribution in [0.1, 0.15) is 36.6 Å². The number of hydrogen-bond acceptors (Lipinski definition) is 5. The summed E-state index contributed by atoms with van der Waals surface area (Å²) in [6, 6.07) is 7.61. The molecule has 1 aliphatic carbocycles. The van der Waals surface area contributed by atoms with Crippen LogP contribution in [0.25, 0.3) is 6.08 Å². The number of carboxylic acids is 1. The summed E-state index contributed by atoms with van der Waals surface area (Å²) in [6.07, 6.45) is 5.89. The molecule has 0 bridgehead atoms. The van der Waals surface area contributed by atoms with Crippen molar-refractivity contribution in [2.45, 2.75) is 37.1 Å². The van der Waals surface area contributed by atoms with Crippen molar-refractivity contribution in [3.8, 4) is 0 Å². The van der Waals surface area contributed by atoms with Gasteiger partial charge in [-0.15, -0.1) is 12.4 Å². The van der Waals surface area contributed by atoms with E-state index in [4.69, 9.17) is 17.7 Å². The van der Waals surface area contributed by atoms with E-state index >= 15 is 0 Å². The fourth-order valence-corrected chi connectivity index (χ4v) is 4.26. The molecule has 31 heavy (non-hydrogen) atoms. The summed E-state index contributed by atoms with van der Waals surface area (Å²) in [7, 11) is 0. The monoisotopic (exact) mass is 465 g/mol. The minimum Gasteiger partial charge on any atom is -0.480 e. The standard InChI is InChI=1S/C22H24FN3O3S.ClH/c23-18-4-2-1-3-17(18)21(22(29)14-5-6-14)25-10-8-19(30)15(12-25)11-16-7-9-24-26(16)13-20(27)28;/h1-4,7,9,11,14,19,21,30H,5-6,8,10,12-13H2,(H,27,28);1H/b15-11+;. The SMILES string of the molecule is Cl.O=C(O)Cn1nccc1/C=C1\CN(C(C(=O)C2CC2)c2ccccc2F)CCC1S. The normalized spacial score (nSPS) is 21.5. The van der Waals surface area contributed by atoms with Gasteiger partial charge in [-0.05, 0) is 43.0 Å². The molecule has 1 saturated carbocycles. The number of rotatable bonds is 7. The van der Waals surface area contributed by atoms with Crippen molar-refractivity contribution in [3.05, 3.63) is 59.2 Å². The maximum Gasteiger partial charge on any atom is 0.325 e. The van der Waals surface area contributed by atoms with Gasteiger partial charge in [0.05, 0.1) is 11.7 Å². The predicted molar refractivity (Wildman–Crippen MR) is 121 cm³/mol.